The molecule has 0 heterocycles. The molecule has 0 bridgehead atoms. The monoisotopic (exact) mass is 325 g/mol. The zero-order valence-corrected chi connectivity index (χ0v) is 13.7. The van der Waals surface area contributed by atoms with E-state index in [-0.39, 0.29) is 18.4 Å². The van der Waals surface area contributed by atoms with E-state index in [9.17, 15) is 9.59 Å². The summed E-state index contributed by atoms with van der Waals surface area (Å²) in [5.74, 6) is -0.477. The van der Waals surface area contributed by atoms with Gasteiger partial charge in [-0.1, -0.05) is 55.7 Å². The van der Waals surface area contributed by atoms with Gasteiger partial charge in [-0.2, -0.15) is 0 Å². The van der Waals surface area contributed by atoms with E-state index in [1.807, 2.05) is 42.5 Å². The molecule has 1 fully saturated rings. The van der Waals surface area contributed by atoms with Crippen LogP contribution in [0.5, 0.6) is 0 Å². The molecule has 5 heteroatoms. The molecule has 0 spiro atoms. The molecule has 126 valence electrons. The van der Waals surface area contributed by atoms with Gasteiger partial charge in [-0.05, 0) is 24.3 Å². The number of amides is 2. The van der Waals surface area contributed by atoms with E-state index in [0.717, 1.165) is 35.7 Å². The predicted octanol–water partition coefficient (Wildman–Crippen LogP) is 2.56. The Morgan fingerprint density at radius 1 is 1.00 bits per heavy atom. The van der Waals surface area contributed by atoms with Crippen LogP contribution in [0.1, 0.15) is 32.1 Å². The fourth-order valence-electron chi connectivity index (χ4n) is 3.28. The van der Waals surface area contributed by atoms with Crippen molar-refractivity contribution in [2.24, 2.45) is 5.73 Å². The fourth-order valence-corrected chi connectivity index (χ4v) is 3.28. The van der Waals surface area contributed by atoms with Gasteiger partial charge >= 0.3 is 0 Å². The van der Waals surface area contributed by atoms with Crippen molar-refractivity contribution in [3.63, 3.8) is 0 Å². The Morgan fingerprint density at radius 2 is 1.71 bits per heavy atom. The first-order chi connectivity index (χ1) is 11.6. The van der Waals surface area contributed by atoms with Gasteiger partial charge in [0.05, 0.1) is 12.1 Å². The van der Waals surface area contributed by atoms with Gasteiger partial charge in [-0.25, -0.2) is 0 Å². The third kappa shape index (κ3) is 3.57. The van der Waals surface area contributed by atoms with E-state index in [2.05, 4.69) is 10.6 Å². The van der Waals surface area contributed by atoms with Gasteiger partial charge in [0.15, 0.2) is 0 Å². The molecule has 2 aromatic carbocycles. The van der Waals surface area contributed by atoms with Gasteiger partial charge in [-0.3, -0.25) is 9.59 Å². The van der Waals surface area contributed by atoms with Crippen LogP contribution >= 0.6 is 0 Å². The Kier molecular flexibility index (Phi) is 4.81. The summed E-state index contributed by atoms with van der Waals surface area (Å²) >= 11 is 0. The molecule has 2 aromatic rings. The summed E-state index contributed by atoms with van der Waals surface area (Å²) in [7, 11) is 0. The highest BCUT2D eigenvalue weighted by Crippen LogP contribution is 2.26. The zero-order chi connectivity index (χ0) is 17.0. The number of hydrogen-bond acceptors (Lipinski definition) is 3. The summed E-state index contributed by atoms with van der Waals surface area (Å²) in [4.78, 5) is 24.5. The normalized spacial score (nSPS) is 16.5. The topological polar surface area (TPSA) is 84.2 Å². The quantitative estimate of drug-likeness (QED) is 0.808. The van der Waals surface area contributed by atoms with E-state index in [0.29, 0.717) is 12.8 Å². The van der Waals surface area contributed by atoms with Crippen LogP contribution in [0.25, 0.3) is 10.8 Å². The van der Waals surface area contributed by atoms with Gasteiger partial charge in [0.1, 0.15) is 0 Å². The molecule has 0 atom stereocenters. The lowest BCUT2D eigenvalue weighted by Crippen LogP contribution is -2.56. The van der Waals surface area contributed by atoms with Crippen LogP contribution < -0.4 is 16.4 Å². The van der Waals surface area contributed by atoms with Crippen LogP contribution in [-0.4, -0.2) is 23.9 Å². The molecule has 0 saturated heterocycles. The maximum absolute atomic E-state index is 12.3. The molecule has 1 aliphatic rings. The first kappa shape index (κ1) is 16.5. The maximum atomic E-state index is 12.3. The minimum atomic E-state index is -0.821. The molecule has 3 rings (SSSR count). The number of carbonyl (C=O) groups is 2. The number of anilines is 1. The number of fused-ring (bicyclic) bond motifs is 1. The van der Waals surface area contributed by atoms with Crippen molar-refractivity contribution in [2.45, 2.75) is 37.6 Å². The molecule has 5 nitrogen and oxygen atoms in total. The molecule has 2 amide bonds. The van der Waals surface area contributed by atoms with Gasteiger partial charge in [0, 0.05) is 11.1 Å². The second kappa shape index (κ2) is 7.01. The predicted molar refractivity (Wildman–Crippen MR) is 95.6 cm³/mol. The smallest absolute Gasteiger partial charge is 0.243 e. The molecular weight excluding hydrogens is 302 g/mol. The number of nitrogens with two attached hydrogens (primary N) is 1. The lowest BCUT2D eigenvalue weighted by atomic mass is 9.82. The number of carbonyl (C=O) groups excluding carboxylic acids is 2. The average molecular weight is 325 g/mol. The third-order valence-corrected chi connectivity index (χ3v) is 4.67. The van der Waals surface area contributed by atoms with E-state index in [1.54, 1.807) is 0 Å². The molecule has 0 aromatic heterocycles. The second-order valence-corrected chi connectivity index (χ2v) is 6.47. The minimum Gasteiger partial charge on any atom is -0.345 e. The van der Waals surface area contributed by atoms with Crippen molar-refractivity contribution in [1.82, 2.24) is 5.32 Å². The Bertz CT molecular complexity index is 746. The molecule has 1 saturated carbocycles. The zero-order valence-electron chi connectivity index (χ0n) is 13.7. The summed E-state index contributed by atoms with van der Waals surface area (Å²) in [6.07, 6.45) is 4.42. The van der Waals surface area contributed by atoms with Crippen LogP contribution in [0.4, 0.5) is 5.69 Å². The highest BCUT2D eigenvalue weighted by Gasteiger charge is 2.35. The number of rotatable bonds is 4. The highest BCUT2D eigenvalue weighted by molar-refractivity contribution is 6.03. The number of benzene rings is 2. The van der Waals surface area contributed by atoms with Gasteiger partial charge in [0.25, 0.3) is 0 Å². The molecule has 24 heavy (non-hydrogen) atoms. The Balaban J connectivity index is 1.60. The fraction of sp³-hybridized carbons (Fsp3) is 0.368. The SMILES string of the molecule is NC1(C(=O)NCC(=O)Nc2cccc3ccccc23)CCCCC1. The lowest BCUT2D eigenvalue weighted by molar-refractivity contribution is -0.129. The summed E-state index contributed by atoms with van der Waals surface area (Å²) in [5.41, 5.74) is 6.09. The van der Waals surface area contributed by atoms with E-state index < -0.39 is 5.54 Å². The largest absolute Gasteiger partial charge is 0.345 e. The Hall–Kier alpha value is -2.40. The van der Waals surface area contributed by atoms with Gasteiger partial charge < -0.3 is 16.4 Å². The van der Waals surface area contributed by atoms with E-state index >= 15 is 0 Å². The maximum Gasteiger partial charge on any atom is 0.243 e. The Labute approximate surface area is 141 Å². The van der Waals surface area contributed by atoms with Crippen molar-refractivity contribution in [3.05, 3.63) is 42.5 Å². The van der Waals surface area contributed by atoms with Crippen molar-refractivity contribution in [3.8, 4) is 0 Å². The Morgan fingerprint density at radius 3 is 2.50 bits per heavy atom. The first-order valence-corrected chi connectivity index (χ1v) is 8.43. The van der Waals surface area contributed by atoms with Crippen molar-refractivity contribution < 1.29 is 9.59 Å². The van der Waals surface area contributed by atoms with Gasteiger partial charge in [0.2, 0.25) is 11.8 Å². The van der Waals surface area contributed by atoms with Crippen LogP contribution in [0, 0.1) is 0 Å². The summed E-state index contributed by atoms with van der Waals surface area (Å²) in [6.45, 7) is -0.0684. The van der Waals surface area contributed by atoms with Crippen LogP contribution in [-0.2, 0) is 9.59 Å². The van der Waals surface area contributed by atoms with Gasteiger partial charge in [-0.15, -0.1) is 0 Å². The molecular formula is C19H23N3O2. The van der Waals surface area contributed by atoms with Crippen LogP contribution in [0.3, 0.4) is 0 Å². The minimum absolute atomic E-state index is 0.0684. The van der Waals surface area contributed by atoms with Crippen molar-refractivity contribution >= 4 is 28.3 Å². The summed E-state index contributed by atoms with van der Waals surface area (Å²) < 4.78 is 0. The van der Waals surface area contributed by atoms with Crippen molar-refractivity contribution in [2.75, 3.05) is 11.9 Å². The van der Waals surface area contributed by atoms with Crippen LogP contribution in [0.15, 0.2) is 42.5 Å². The van der Waals surface area contributed by atoms with E-state index in [1.165, 1.54) is 0 Å². The second-order valence-electron chi connectivity index (χ2n) is 6.47. The highest BCUT2D eigenvalue weighted by atomic mass is 16.2. The lowest BCUT2D eigenvalue weighted by Gasteiger charge is -2.31. The molecule has 0 unspecified atom stereocenters. The third-order valence-electron chi connectivity index (χ3n) is 4.67. The van der Waals surface area contributed by atoms with Crippen LogP contribution in [0.2, 0.25) is 0 Å². The molecule has 0 radical (unpaired) electrons. The average Bonchev–Trinajstić information content (AvgIpc) is 2.60. The van der Waals surface area contributed by atoms with E-state index in [4.69, 9.17) is 5.73 Å². The molecule has 4 N–H and O–H groups in total. The molecule has 0 aliphatic heterocycles. The summed E-state index contributed by atoms with van der Waals surface area (Å²) in [5, 5.41) is 7.58. The standard InChI is InChI=1S/C19H23N3O2/c20-19(11-4-1-5-12-19)18(24)21-13-17(23)22-16-10-6-8-14-7-2-3-9-15(14)16/h2-3,6-10H,1,4-5,11-13,20H2,(H,21,24)(H,22,23). The molecule has 1 aliphatic carbocycles. The van der Waals surface area contributed by atoms with Crippen molar-refractivity contribution in [1.29, 1.82) is 0 Å². The number of hydrogen-bond donors (Lipinski definition) is 3. The summed E-state index contributed by atoms with van der Waals surface area (Å²) in [6, 6.07) is 13.6. The first-order valence-electron chi connectivity index (χ1n) is 8.43. The number of nitrogens with one attached hydrogen (secondary N) is 2.